The average Bonchev–Trinajstić information content (AvgIpc) is 2.55. The number of benzene rings is 1. The maximum atomic E-state index is 13.3. The quantitative estimate of drug-likeness (QED) is 0.826. The Kier molecular flexibility index (Phi) is 4.58. The minimum absolute atomic E-state index is 0.0382. The molecule has 0 spiro atoms. The van der Waals surface area contributed by atoms with Crippen LogP contribution in [0.4, 0.5) is 0 Å². The van der Waals surface area contributed by atoms with E-state index in [-0.39, 0.29) is 23.5 Å². The SMILES string of the molecule is Cc1ccc2nc(C)c(C)c(C(=O)N(C)C3CCS(=O)(=O)CC3)c2c1. The van der Waals surface area contributed by atoms with Crippen LogP contribution in [0.15, 0.2) is 18.2 Å². The van der Waals surface area contributed by atoms with Gasteiger partial charge in [-0.3, -0.25) is 9.78 Å². The Morgan fingerprint density at radius 3 is 2.44 bits per heavy atom. The van der Waals surface area contributed by atoms with Gasteiger partial charge >= 0.3 is 0 Å². The molecular weight excluding hydrogens is 336 g/mol. The second kappa shape index (κ2) is 6.41. The molecule has 0 saturated carbocycles. The topological polar surface area (TPSA) is 67.3 Å². The molecule has 6 heteroatoms. The summed E-state index contributed by atoms with van der Waals surface area (Å²) < 4.78 is 23.3. The zero-order valence-corrected chi connectivity index (χ0v) is 16.0. The lowest BCUT2D eigenvalue weighted by atomic mass is 9.98. The number of pyridine rings is 1. The molecule has 1 aliphatic rings. The molecule has 2 aromatic rings. The van der Waals surface area contributed by atoms with Crippen LogP contribution in [-0.2, 0) is 9.84 Å². The smallest absolute Gasteiger partial charge is 0.254 e. The molecule has 2 heterocycles. The molecule has 0 radical (unpaired) electrons. The lowest BCUT2D eigenvalue weighted by molar-refractivity contribution is 0.0723. The van der Waals surface area contributed by atoms with Crippen molar-refractivity contribution in [2.24, 2.45) is 0 Å². The number of aromatic nitrogens is 1. The average molecular weight is 360 g/mol. The second-order valence-electron chi connectivity index (χ2n) is 7.02. The van der Waals surface area contributed by atoms with E-state index >= 15 is 0 Å². The lowest BCUT2D eigenvalue weighted by Gasteiger charge is -2.32. The first-order valence-corrected chi connectivity index (χ1v) is 10.4. The predicted molar refractivity (Wildman–Crippen MR) is 99.7 cm³/mol. The summed E-state index contributed by atoms with van der Waals surface area (Å²) in [6.07, 6.45) is 1.01. The zero-order chi connectivity index (χ0) is 18.4. The first kappa shape index (κ1) is 17.9. The normalized spacial score (nSPS) is 17.6. The van der Waals surface area contributed by atoms with Gasteiger partial charge in [0, 0.05) is 24.2 Å². The van der Waals surface area contributed by atoms with Gasteiger partial charge in [-0.05, 0) is 51.3 Å². The molecule has 1 fully saturated rings. The van der Waals surface area contributed by atoms with Gasteiger partial charge in [-0.25, -0.2) is 8.42 Å². The van der Waals surface area contributed by atoms with E-state index in [4.69, 9.17) is 0 Å². The summed E-state index contributed by atoms with van der Waals surface area (Å²) in [5, 5.41) is 0.864. The van der Waals surface area contributed by atoms with E-state index in [1.165, 1.54) is 0 Å². The van der Waals surface area contributed by atoms with Crippen LogP contribution < -0.4 is 0 Å². The van der Waals surface area contributed by atoms with Crippen molar-refractivity contribution >= 4 is 26.6 Å². The summed E-state index contributed by atoms with van der Waals surface area (Å²) in [7, 11) is -1.16. The van der Waals surface area contributed by atoms with Gasteiger partial charge in [0.25, 0.3) is 5.91 Å². The number of carbonyl (C=O) groups is 1. The van der Waals surface area contributed by atoms with Gasteiger partial charge in [0.1, 0.15) is 9.84 Å². The Hall–Kier alpha value is -1.95. The number of rotatable bonds is 2. The molecule has 0 aliphatic carbocycles. The van der Waals surface area contributed by atoms with Crippen molar-refractivity contribution in [3.63, 3.8) is 0 Å². The molecule has 1 aliphatic heterocycles. The zero-order valence-electron chi connectivity index (χ0n) is 15.2. The number of sulfone groups is 1. The summed E-state index contributed by atoms with van der Waals surface area (Å²) in [5.41, 5.74) is 4.31. The summed E-state index contributed by atoms with van der Waals surface area (Å²) in [5.74, 6) is 0.260. The second-order valence-corrected chi connectivity index (χ2v) is 9.32. The van der Waals surface area contributed by atoms with Gasteiger partial charge in [-0.2, -0.15) is 0 Å². The third kappa shape index (κ3) is 3.40. The van der Waals surface area contributed by atoms with Crippen LogP contribution in [0.2, 0.25) is 0 Å². The minimum Gasteiger partial charge on any atom is -0.339 e. The van der Waals surface area contributed by atoms with Crippen molar-refractivity contribution in [3.05, 3.63) is 40.6 Å². The number of carbonyl (C=O) groups excluding carboxylic acids is 1. The Morgan fingerprint density at radius 1 is 1.16 bits per heavy atom. The molecule has 0 atom stereocenters. The molecule has 1 saturated heterocycles. The first-order valence-electron chi connectivity index (χ1n) is 8.55. The molecule has 1 aromatic heterocycles. The molecule has 25 heavy (non-hydrogen) atoms. The van der Waals surface area contributed by atoms with Gasteiger partial charge in [-0.1, -0.05) is 11.6 Å². The van der Waals surface area contributed by atoms with Crippen LogP contribution in [0.25, 0.3) is 10.9 Å². The number of aryl methyl sites for hydroxylation is 2. The molecule has 0 N–H and O–H groups in total. The van der Waals surface area contributed by atoms with Gasteiger partial charge in [0.15, 0.2) is 0 Å². The Morgan fingerprint density at radius 2 is 1.80 bits per heavy atom. The highest BCUT2D eigenvalue weighted by molar-refractivity contribution is 7.91. The van der Waals surface area contributed by atoms with Crippen LogP contribution in [-0.4, -0.2) is 48.8 Å². The maximum Gasteiger partial charge on any atom is 0.254 e. The third-order valence-corrected chi connectivity index (χ3v) is 6.95. The fourth-order valence-electron chi connectivity index (χ4n) is 3.48. The van der Waals surface area contributed by atoms with E-state index in [2.05, 4.69) is 4.98 Å². The molecular formula is C19H24N2O3S. The van der Waals surface area contributed by atoms with E-state index in [1.807, 2.05) is 39.0 Å². The summed E-state index contributed by atoms with van der Waals surface area (Å²) >= 11 is 0. The standard InChI is InChI=1S/C19H24N2O3S/c1-12-5-6-17-16(11-12)18(13(2)14(3)20-17)19(22)21(4)15-7-9-25(23,24)10-8-15/h5-6,11,15H,7-10H2,1-4H3. The minimum atomic E-state index is -2.94. The predicted octanol–water partition coefficient (Wildman–Crippen LogP) is 2.81. The molecule has 0 unspecified atom stereocenters. The Labute approximate surface area is 149 Å². The van der Waals surface area contributed by atoms with E-state index in [9.17, 15) is 13.2 Å². The molecule has 1 amide bonds. The summed E-state index contributed by atoms with van der Waals surface area (Å²) in [6, 6.07) is 5.90. The van der Waals surface area contributed by atoms with Crippen molar-refractivity contribution in [2.75, 3.05) is 18.6 Å². The van der Waals surface area contributed by atoms with Gasteiger partial charge in [-0.15, -0.1) is 0 Å². The van der Waals surface area contributed by atoms with E-state index < -0.39 is 9.84 Å². The molecule has 1 aromatic carbocycles. The van der Waals surface area contributed by atoms with Gasteiger partial charge in [0.05, 0.1) is 22.6 Å². The summed E-state index contributed by atoms with van der Waals surface area (Å²) in [6.45, 7) is 5.84. The fourth-order valence-corrected chi connectivity index (χ4v) is 4.94. The first-order chi connectivity index (χ1) is 11.7. The fraction of sp³-hybridized carbons (Fsp3) is 0.474. The Balaban J connectivity index is 2.02. The van der Waals surface area contributed by atoms with Crippen molar-refractivity contribution in [1.29, 1.82) is 0 Å². The van der Waals surface area contributed by atoms with Crippen LogP contribution >= 0.6 is 0 Å². The van der Waals surface area contributed by atoms with Crippen molar-refractivity contribution in [1.82, 2.24) is 9.88 Å². The van der Waals surface area contributed by atoms with E-state index in [0.717, 1.165) is 27.7 Å². The van der Waals surface area contributed by atoms with Gasteiger partial charge in [0.2, 0.25) is 0 Å². The number of hydrogen-bond donors (Lipinski definition) is 0. The highest BCUT2D eigenvalue weighted by Gasteiger charge is 2.30. The highest BCUT2D eigenvalue weighted by Crippen LogP contribution is 2.27. The number of hydrogen-bond acceptors (Lipinski definition) is 4. The van der Waals surface area contributed by atoms with Crippen molar-refractivity contribution in [2.45, 2.75) is 39.7 Å². The van der Waals surface area contributed by atoms with Crippen LogP contribution in [0.5, 0.6) is 0 Å². The third-order valence-electron chi connectivity index (χ3n) is 5.23. The Bertz CT molecular complexity index is 937. The molecule has 134 valence electrons. The largest absolute Gasteiger partial charge is 0.339 e. The summed E-state index contributed by atoms with van der Waals surface area (Å²) in [4.78, 5) is 19.6. The van der Waals surface area contributed by atoms with Crippen LogP contribution in [0, 0.1) is 20.8 Å². The molecule has 5 nitrogen and oxygen atoms in total. The van der Waals surface area contributed by atoms with Crippen molar-refractivity contribution in [3.8, 4) is 0 Å². The lowest BCUT2D eigenvalue weighted by Crippen LogP contribution is -2.42. The van der Waals surface area contributed by atoms with Crippen LogP contribution in [0.1, 0.15) is 40.0 Å². The molecule has 0 bridgehead atoms. The van der Waals surface area contributed by atoms with E-state index in [0.29, 0.717) is 18.4 Å². The highest BCUT2D eigenvalue weighted by atomic mass is 32.2. The number of amides is 1. The number of nitrogens with zero attached hydrogens (tertiary/aromatic N) is 2. The van der Waals surface area contributed by atoms with Gasteiger partial charge < -0.3 is 4.90 Å². The van der Waals surface area contributed by atoms with Crippen LogP contribution in [0.3, 0.4) is 0 Å². The van der Waals surface area contributed by atoms with Crippen molar-refractivity contribution < 1.29 is 13.2 Å². The molecule has 3 rings (SSSR count). The monoisotopic (exact) mass is 360 g/mol. The van der Waals surface area contributed by atoms with E-state index in [1.54, 1.807) is 11.9 Å². The number of fused-ring (bicyclic) bond motifs is 1. The maximum absolute atomic E-state index is 13.3.